The number of nitrogens with zero attached hydrogens (tertiary/aromatic N) is 1. The molecule has 2 aliphatic rings. The molecule has 0 aliphatic carbocycles. The van der Waals surface area contributed by atoms with Crippen LogP contribution in [0.4, 0.5) is 0 Å². The molecule has 0 bridgehead atoms. The first-order valence-electron chi connectivity index (χ1n) is 7.80. The van der Waals surface area contributed by atoms with Gasteiger partial charge >= 0.3 is 0 Å². The number of para-hydroxylation sites is 1. The van der Waals surface area contributed by atoms with Crippen molar-refractivity contribution >= 4 is 29.3 Å². The second-order valence-corrected chi connectivity index (χ2v) is 6.20. The smallest absolute Gasteiger partial charge is 0.289 e. The van der Waals surface area contributed by atoms with Gasteiger partial charge in [0.1, 0.15) is 5.58 Å². The van der Waals surface area contributed by atoms with Gasteiger partial charge in [-0.15, -0.1) is 12.4 Å². The van der Waals surface area contributed by atoms with Crippen LogP contribution in [0.25, 0.3) is 11.0 Å². The van der Waals surface area contributed by atoms with Crippen molar-refractivity contribution in [3.8, 4) is 0 Å². The molecule has 0 radical (unpaired) electrons. The second kappa shape index (κ2) is 6.31. The van der Waals surface area contributed by atoms with E-state index >= 15 is 0 Å². The number of rotatable bonds is 1. The van der Waals surface area contributed by atoms with E-state index in [-0.39, 0.29) is 18.3 Å². The first-order valence-corrected chi connectivity index (χ1v) is 7.80. The summed E-state index contributed by atoms with van der Waals surface area (Å²) in [5.74, 6) is 1.98. The Labute approximate surface area is 136 Å². The van der Waals surface area contributed by atoms with E-state index in [2.05, 4.69) is 5.32 Å². The summed E-state index contributed by atoms with van der Waals surface area (Å²) in [4.78, 5) is 14.6. The van der Waals surface area contributed by atoms with E-state index in [9.17, 15) is 4.79 Å². The summed E-state index contributed by atoms with van der Waals surface area (Å²) in [7, 11) is 0. The van der Waals surface area contributed by atoms with Gasteiger partial charge < -0.3 is 14.6 Å². The summed E-state index contributed by atoms with van der Waals surface area (Å²) in [5, 5.41) is 4.46. The van der Waals surface area contributed by atoms with E-state index in [1.807, 2.05) is 35.2 Å². The average molecular weight is 321 g/mol. The van der Waals surface area contributed by atoms with Gasteiger partial charge in [-0.1, -0.05) is 18.2 Å². The summed E-state index contributed by atoms with van der Waals surface area (Å²) >= 11 is 0. The Kier molecular flexibility index (Phi) is 4.41. The van der Waals surface area contributed by atoms with E-state index in [1.165, 1.54) is 0 Å². The molecule has 1 amide bonds. The maximum atomic E-state index is 12.7. The third-order valence-electron chi connectivity index (χ3n) is 4.94. The molecule has 2 saturated heterocycles. The Hall–Kier alpha value is -1.52. The first kappa shape index (κ1) is 15.4. The highest BCUT2D eigenvalue weighted by Gasteiger charge is 2.32. The van der Waals surface area contributed by atoms with Crippen LogP contribution in [0.3, 0.4) is 0 Å². The Morgan fingerprint density at radius 3 is 2.50 bits per heavy atom. The minimum atomic E-state index is 0. The van der Waals surface area contributed by atoms with E-state index in [4.69, 9.17) is 4.42 Å². The van der Waals surface area contributed by atoms with Crippen molar-refractivity contribution in [2.24, 2.45) is 11.8 Å². The van der Waals surface area contributed by atoms with E-state index < -0.39 is 0 Å². The fraction of sp³-hybridized carbons (Fsp3) is 0.471. The van der Waals surface area contributed by atoms with Crippen LogP contribution in [0.2, 0.25) is 0 Å². The number of benzene rings is 1. The zero-order valence-electron chi connectivity index (χ0n) is 12.5. The highest BCUT2D eigenvalue weighted by molar-refractivity contribution is 5.96. The number of nitrogens with one attached hydrogen (secondary N) is 1. The zero-order valence-corrected chi connectivity index (χ0v) is 13.3. The summed E-state index contributed by atoms with van der Waals surface area (Å²) in [6, 6.07) is 9.65. The molecule has 0 unspecified atom stereocenters. The predicted molar refractivity (Wildman–Crippen MR) is 88.4 cm³/mol. The van der Waals surface area contributed by atoms with Gasteiger partial charge in [0.05, 0.1) is 0 Å². The molecule has 0 spiro atoms. The van der Waals surface area contributed by atoms with Crippen molar-refractivity contribution in [1.82, 2.24) is 10.2 Å². The number of furan rings is 1. The number of fused-ring (bicyclic) bond motifs is 2. The maximum absolute atomic E-state index is 12.7. The van der Waals surface area contributed by atoms with Crippen molar-refractivity contribution < 1.29 is 9.21 Å². The lowest BCUT2D eigenvalue weighted by Crippen LogP contribution is -2.32. The highest BCUT2D eigenvalue weighted by Crippen LogP contribution is 2.28. The quantitative estimate of drug-likeness (QED) is 0.878. The molecule has 2 aromatic rings. The standard InChI is InChI=1S/C17H20N2O2.ClH/c20-17(16-9-12-3-1-2-4-15(12)21-16)19-7-5-13-10-18-11-14(13)6-8-19;/h1-4,9,13-14,18H,5-8,10-11H2;1H/t13-,14+;. The van der Waals surface area contributed by atoms with Crippen molar-refractivity contribution in [2.75, 3.05) is 26.2 Å². The van der Waals surface area contributed by atoms with E-state index in [1.54, 1.807) is 0 Å². The molecule has 118 valence electrons. The van der Waals surface area contributed by atoms with Gasteiger partial charge in [0.2, 0.25) is 0 Å². The van der Waals surface area contributed by atoms with Gasteiger partial charge in [0.25, 0.3) is 5.91 Å². The molecular weight excluding hydrogens is 300 g/mol. The topological polar surface area (TPSA) is 45.5 Å². The van der Waals surface area contributed by atoms with Crippen LogP contribution in [0.15, 0.2) is 34.7 Å². The van der Waals surface area contributed by atoms with Gasteiger partial charge in [-0.05, 0) is 49.9 Å². The molecule has 2 fully saturated rings. The maximum Gasteiger partial charge on any atom is 0.289 e. The fourth-order valence-corrected chi connectivity index (χ4v) is 3.66. The number of carbonyl (C=O) groups is 1. The SMILES string of the molecule is Cl.O=C(c1cc2ccccc2o1)N1CC[C@@H]2CNC[C@@H]2CC1. The fourth-order valence-electron chi connectivity index (χ4n) is 3.66. The van der Waals surface area contributed by atoms with Crippen LogP contribution in [-0.4, -0.2) is 37.0 Å². The molecule has 2 atom stereocenters. The number of hydrogen-bond acceptors (Lipinski definition) is 3. The summed E-state index contributed by atoms with van der Waals surface area (Å²) in [5.41, 5.74) is 0.789. The Balaban J connectivity index is 0.00000144. The van der Waals surface area contributed by atoms with Gasteiger partial charge in [-0.3, -0.25) is 4.79 Å². The molecular formula is C17H21ClN2O2. The molecule has 22 heavy (non-hydrogen) atoms. The molecule has 2 aliphatic heterocycles. The van der Waals surface area contributed by atoms with Crippen LogP contribution in [0.5, 0.6) is 0 Å². The third kappa shape index (κ3) is 2.73. The lowest BCUT2D eigenvalue weighted by Gasteiger charge is -2.19. The van der Waals surface area contributed by atoms with Gasteiger partial charge in [-0.25, -0.2) is 0 Å². The first-order chi connectivity index (χ1) is 10.3. The van der Waals surface area contributed by atoms with Crippen molar-refractivity contribution in [3.63, 3.8) is 0 Å². The molecule has 5 heteroatoms. The Morgan fingerprint density at radius 2 is 1.82 bits per heavy atom. The number of halogens is 1. The molecule has 3 heterocycles. The van der Waals surface area contributed by atoms with Crippen LogP contribution in [0.1, 0.15) is 23.4 Å². The highest BCUT2D eigenvalue weighted by atomic mass is 35.5. The number of amides is 1. The van der Waals surface area contributed by atoms with Gasteiger partial charge in [0.15, 0.2) is 5.76 Å². The number of carbonyl (C=O) groups excluding carboxylic acids is 1. The average Bonchev–Trinajstić information content (AvgIpc) is 3.09. The van der Waals surface area contributed by atoms with Crippen molar-refractivity contribution in [3.05, 3.63) is 36.1 Å². The van der Waals surface area contributed by atoms with Crippen LogP contribution in [-0.2, 0) is 0 Å². The summed E-state index contributed by atoms with van der Waals surface area (Å²) in [6.07, 6.45) is 2.20. The monoisotopic (exact) mass is 320 g/mol. The summed E-state index contributed by atoms with van der Waals surface area (Å²) in [6.45, 7) is 3.91. The Morgan fingerprint density at radius 1 is 1.14 bits per heavy atom. The lowest BCUT2D eigenvalue weighted by atomic mass is 9.92. The molecule has 4 nitrogen and oxygen atoms in total. The molecule has 4 rings (SSSR count). The molecule has 0 saturated carbocycles. The van der Waals surface area contributed by atoms with Crippen molar-refractivity contribution in [2.45, 2.75) is 12.8 Å². The minimum Gasteiger partial charge on any atom is -0.451 e. The van der Waals surface area contributed by atoms with Crippen LogP contribution < -0.4 is 5.32 Å². The lowest BCUT2D eigenvalue weighted by molar-refractivity contribution is 0.0729. The molecule has 1 aromatic carbocycles. The number of hydrogen-bond donors (Lipinski definition) is 1. The zero-order chi connectivity index (χ0) is 14.2. The number of likely N-dealkylation sites (tertiary alicyclic amines) is 1. The van der Waals surface area contributed by atoms with Gasteiger partial charge in [-0.2, -0.15) is 0 Å². The predicted octanol–water partition coefficient (Wildman–Crippen LogP) is 2.93. The van der Waals surface area contributed by atoms with Gasteiger partial charge in [0, 0.05) is 18.5 Å². The minimum absolute atomic E-state index is 0. The van der Waals surface area contributed by atoms with Crippen LogP contribution in [0, 0.1) is 11.8 Å². The molecule has 1 N–H and O–H groups in total. The normalized spacial score (nSPS) is 24.6. The Bertz CT molecular complexity index is 622. The third-order valence-corrected chi connectivity index (χ3v) is 4.94. The molecule has 1 aromatic heterocycles. The largest absolute Gasteiger partial charge is 0.451 e. The van der Waals surface area contributed by atoms with E-state index in [0.29, 0.717) is 5.76 Å². The second-order valence-electron chi connectivity index (χ2n) is 6.20. The van der Waals surface area contributed by atoms with Crippen molar-refractivity contribution in [1.29, 1.82) is 0 Å². The summed E-state index contributed by atoms with van der Waals surface area (Å²) < 4.78 is 5.71. The van der Waals surface area contributed by atoms with Crippen LogP contribution >= 0.6 is 12.4 Å². The van der Waals surface area contributed by atoms with E-state index in [0.717, 1.165) is 61.8 Å².